The van der Waals surface area contributed by atoms with E-state index in [4.69, 9.17) is 11.6 Å². The van der Waals surface area contributed by atoms with Gasteiger partial charge in [0, 0.05) is 18.2 Å². The Bertz CT molecular complexity index is 286. The molecule has 2 saturated carbocycles. The maximum absolute atomic E-state index is 11.9. The van der Waals surface area contributed by atoms with Gasteiger partial charge in [-0.25, -0.2) is 0 Å². The Labute approximate surface area is 129 Å². The van der Waals surface area contributed by atoms with Crippen molar-refractivity contribution < 1.29 is 4.79 Å². The van der Waals surface area contributed by atoms with Crippen LogP contribution in [0.3, 0.4) is 0 Å². The lowest BCUT2D eigenvalue weighted by molar-refractivity contribution is -0.123. The maximum Gasteiger partial charge on any atom is 0.137 e. The molecule has 0 aromatic rings. The second-order valence-electron chi connectivity index (χ2n) is 7.09. The van der Waals surface area contributed by atoms with Crippen molar-refractivity contribution in [2.45, 2.75) is 77.6 Å². The summed E-state index contributed by atoms with van der Waals surface area (Å²) in [6.07, 6.45) is 14.1. The van der Waals surface area contributed by atoms with Gasteiger partial charge in [-0.3, -0.25) is 4.79 Å². The van der Waals surface area contributed by atoms with E-state index in [-0.39, 0.29) is 0 Å². The van der Waals surface area contributed by atoms with E-state index in [1.54, 1.807) is 0 Å². The van der Waals surface area contributed by atoms with Crippen molar-refractivity contribution in [1.29, 1.82) is 0 Å². The molecule has 0 N–H and O–H groups in total. The summed E-state index contributed by atoms with van der Waals surface area (Å²) in [6, 6.07) is 0. The van der Waals surface area contributed by atoms with Crippen LogP contribution in [0.4, 0.5) is 0 Å². The number of ketones is 1. The van der Waals surface area contributed by atoms with Gasteiger partial charge < -0.3 is 0 Å². The normalized spacial score (nSPS) is 34.9. The summed E-state index contributed by atoms with van der Waals surface area (Å²) in [5, 5.41) is 0. The molecule has 0 heterocycles. The zero-order valence-electron chi connectivity index (χ0n) is 13.1. The Morgan fingerprint density at radius 2 is 1.50 bits per heavy atom. The number of hydrogen-bond donors (Lipinski definition) is 0. The summed E-state index contributed by atoms with van der Waals surface area (Å²) in [5.41, 5.74) is 0. The summed E-state index contributed by atoms with van der Waals surface area (Å²) in [6.45, 7) is 2.31. The Kier molecular flexibility index (Phi) is 6.87. The van der Waals surface area contributed by atoms with Crippen LogP contribution in [0.1, 0.15) is 77.6 Å². The average Bonchev–Trinajstić information content (AvgIpc) is 2.49. The molecule has 0 saturated heterocycles. The molecule has 2 fully saturated rings. The largest absolute Gasteiger partial charge is 0.299 e. The lowest BCUT2D eigenvalue weighted by Crippen LogP contribution is -2.28. The van der Waals surface area contributed by atoms with Gasteiger partial charge in [-0.2, -0.15) is 0 Å². The van der Waals surface area contributed by atoms with Gasteiger partial charge in [0.25, 0.3) is 0 Å². The highest BCUT2D eigenvalue weighted by molar-refractivity contribution is 6.19. The standard InChI is InChI=1S/C18H31ClO/c1-2-3-14-4-6-15(7-5-14)16-8-10-17(11-9-16)18(20)12-13-19/h14-17H,2-13H2,1H3. The van der Waals surface area contributed by atoms with Crippen LogP contribution in [0.15, 0.2) is 0 Å². The highest BCUT2D eigenvalue weighted by atomic mass is 35.5. The number of hydrogen-bond acceptors (Lipinski definition) is 1. The summed E-state index contributed by atoms with van der Waals surface area (Å²) in [4.78, 5) is 11.9. The van der Waals surface area contributed by atoms with Crippen molar-refractivity contribution >= 4 is 17.4 Å². The molecule has 0 radical (unpaired) electrons. The highest BCUT2D eigenvalue weighted by Crippen LogP contribution is 2.42. The van der Waals surface area contributed by atoms with Crippen molar-refractivity contribution in [3.63, 3.8) is 0 Å². The minimum Gasteiger partial charge on any atom is -0.299 e. The molecule has 0 bridgehead atoms. The monoisotopic (exact) mass is 298 g/mol. The minimum atomic E-state index is 0.335. The molecular formula is C18H31ClO. The Balaban J connectivity index is 1.70. The number of rotatable bonds is 6. The summed E-state index contributed by atoms with van der Waals surface area (Å²) < 4.78 is 0. The highest BCUT2D eigenvalue weighted by Gasteiger charge is 2.32. The fourth-order valence-electron chi connectivity index (χ4n) is 4.57. The predicted octanol–water partition coefficient (Wildman–Crippen LogP) is 5.60. The van der Waals surface area contributed by atoms with Crippen LogP contribution in [0, 0.1) is 23.7 Å². The van der Waals surface area contributed by atoms with Gasteiger partial charge in [0.05, 0.1) is 0 Å². The van der Waals surface area contributed by atoms with Crippen LogP contribution in [0.2, 0.25) is 0 Å². The molecule has 0 amide bonds. The molecule has 0 aromatic heterocycles. The second kappa shape index (κ2) is 8.41. The van der Waals surface area contributed by atoms with Crippen molar-refractivity contribution in [3.8, 4) is 0 Å². The lowest BCUT2D eigenvalue weighted by atomic mass is 9.68. The van der Waals surface area contributed by atoms with E-state index < -0.39 is 0 Å². The first kappa shape index (κ1) is 16.3. The Morgan fingerprint density at radius 3 is 2.00 bits per heavy atom. The van der Waals surface area contributed by atoms with E-state index in [2.05, 4.69) is 6.92 Å². The number of Topliss-reactive ketones (excluding diaryl/α,β-unsaturated/α-hetero) is 1. The van der Waals surface area contributed by atoms with Crippen LogP contribution >= 0.6 is 11.6 Å². The molecule has 0 spiro atoms. The smallest absolute Gasteiger partial charge is 0.137 e. The first-order valence-corrected chi connectivity index (χ1v) is 9.36. The first-order valence-electron chi connectivity index (χ1n) is 8.83. The van der Waals surface area contributed by atoms with E-state index in [0.29, 0.717) is 24.0 Å². The fourth-order valence-corrected chi connectivity index (χ4v) is 4.75. The van der Waals surface area contributed by atoms with Gasteiger partial charge in [0.1, 0.15) is 5.78 Å². The van der Waals surface area contributed by atoms with Crippen LogP contribution in [0.5, 0.6) is 0 Å². The number of alkyl halides is 1. The van der Waals surface area contributed by atoms with Crippen LogP contribution in [-0.4, -0.2) is 11.7 Å². The van der Waals surface area contributed by atoms with Crippen LogP contribution in [-0.2, 0) is 4.79 Å². The Morgan fingerprint density at radius 1 is 0.950 bits per heavy atom. The molecule has 0 aromatic carbocycles. The van der Waals surface area contributed by atoms with E-state index in [9.17, 15) is 4.79 Å². The van der Waals surface area contributed by atoms with Crippen molar-refractivity contribution in [3.05, 3.63) is 0 Å². The van der Waals surface area contributed by atoms with Gasteiger partial charge in [-0.05, 0) is 56.3 Å². The maximum atomic E-state index is 11.9. The molecule has 1 nitrogen and oxygen atoms in total. The van der Waals surface area contributed by atoms with E-state index in [1.807, 2.05) is 0 Å². The van der Waals surface area contributed by atoms with Crippen LogP contribution in [0.25, 0.3) is 0 Å². The summed E-state index contributed by atoms with van der Waals surface area (Å²) >= 11 is 5.68. The minimum absolute atomic E-state index is 0.335. The van der Waals surface area contributed by atoms with Gasteiger partial charge in [0.15, 0.2) is 0 Å². The van der Waals surface area contributed by atoms with Gasteiger partial charge in [-0.1, -0.05) is 32.6 Å². The molecule has 2 aliphatic carbocycles. The predicted molar refractivity (Wildman–Crippen MR) is 86.1 cm³/mol. The molecule has 2 aliphatic rings. The third-order valence-corrected chi connectivity index (χ3v) is 6.01. The number of carbonyl (C=O) groups is 1. The van der Waals surface area contributed by atoms with Crippen molar-refractivity contribution in [2.24, 2.45) is 23.7 Å². The molecule has 0 unspecified atom stereocenters. The Hall–Kier alpha value is -0.0400. The number of halogens is 1. The molecule has 2 heteroatoms. The topological polar surface area (TPSA) is 17.1 Å². The first-order chi connectivity index (χ1) is 9.74. The van der Waals surface area contributed by atoms with Crippen LogP contribution < -0.4 is 0 Å². The quantitative estimate of drug-likeness (QED) is 0.584. The van der Waals surface area contributed by atoms with Gasteiger partial charge >= 0.3 is 0 Å². The molecule has 2 rings (SSSR count). The lowest BCUT2D eigenvalue weighted by Gasteiger charge is -2.37. The number of carbonyl (C=O) groups excluding carboxylic acids is 1. The van der Waals surface area contributed by atoms with Crippen molar-refractivity contribution in [2.75, 3.05) is 5.88 Å². The summed E-state index contributed by atoms with van der Waals surface area (Å²) in [5.74, 6) is 4.15. The van der Waals surface area contributed by atoms with Gasteiger partial charge in [0.2, 0.25) is 0 Å². The van der Waals surface area contributed by atoms with Crippen molar-refractivity contribution in [1.82, 2.24) is 0 Å². The summed E-state index contributed by atoms with van der Waals surface area (Å²) in [7, 11) is 0. The molecule has 0 atom stereocenters. The molecule has 0 aliphatic heterocycles. The zero-order chi connectivity index (χ0) is 14.4. The van der Waals surface area contributed by atoms with Gasteiger partial charge in [-0.15, -0.1) is 11.6 Å². The SMILES string of the molecule is CCCC1CCC(C2CCC(C(=O)CCCl)CC2)CC1. The van der Waals surface area contributed by atoms with E-state index >= 15 is 0 Å². The van der Waals surface area contributed by atoms with E-state index in [0.717, 1.165) is 30.6 Å². The fraction of sp³-hybridized carbons (Fsp3) is 0.944. The average molecular weight is 299 g/mol. The third-order valence-electron chi connectivity index (χ3n) is 5.82. The third kappa shape index (κ3) is 4.48. The van der Waals surface area contributed by atoms with E-state index in [1.165, 1.54) is 51.4 Å². The molecule has 20 heavy (non-hydrogen) atoms. The zero-order valence-corrected chi connectivity index (χ0v) is 13.8. The molecule has 116 valence electrons. The second-order valence-corrected chi connectivity index (χ2v) is 7.46. The molecular weight excluding hydrogens is 268 g/mol.